The van der Waals surface area contributed by atoms with Crippen molar-refractivity contribution >= 4 is 11.9 Å². The average Bonchev–Trinajstić information content (AvgIpc) is 2.73. The van der Waals surface area contributed by atoms with Crippen LogP contribution in [0.25, 0.3) is 0 Å². The summed E-state index contributed by atoms with van der Waals surface area (Å²) in [5.41, 5.74) is 1.11. The lowest BCUT2D eigenvalue weighted by atomic mass is 10.0. The number of pyridine rings is 1. The highest BCUT2D eigenvalue weighted by Crippen LogP contribution is 2.12. The van der Waals surface area contributed by atoms with Crippen LogP contribution in [-0.2, 0) is 16.1 Å². The molecule has 1 aliphatic heterocycles. The first-order valence-electron chi connectivity index (χ1n) is 10.5. The summed E-state index contributed by atoms with van der Waals surface area (Å²) in [7, 11) is 3.50. The van der Waals surface area contributed by atoms with E-state index in [1.807, 2.05) is 25.3 Å². The number of hydrogen-bond acceptors (Lipinski definition) is 5. The van der Waals surface area contributed by atoms with E-state index >= 15 is 0 Å². The molecule has 8 nitrogen and oxygen atoms in total. The standard InChI is InChI=1S/C21H36N6O2/c1-4-29-15-7-12-23-21(24-16-20(28)26(2)3)25-18-9-13-27(14-10-18)17-19-8-5-6-11-22-19/h5-6,8,11,18H,4,7,9-10,12-17H2,1-3H3,(H2,23,24,25). The highest BCUT2D eigenvalue weighted by Gasteiger charge is 2.20. The fraction of sp³-hybridized carbons (Fsp3) is 0.667. The molecule has 0 bridgehead atoms. The number of aromatic nitrogens is 1. The van der Waals surface area contributed by atoms with Crippen molar-refractivity contribution < 1.29 is 9.53 Å². The quantitative estimate of drug-likeness (QED) is 0.345. The van der Waals surface area contributed by atoms with Crippen LogP contribution >= 0.6 is 0 Å². The molecule has 2 rings (SSSR count). The van der Waals surface area contributed by atoms with Gasteiger partial charge in [0.2, 0.25) is 5.91 Å². The van der Waals surface area contributed by atoms with Gasteiger partial charge in [0.15, 0.2) is 5.96 Å². The van der Waals surface area contributed by atoms with Crippen molar-refractivity contribution in [1.29, 1.82) is 0 Å². The third-order valence-electron chi connectivity index (χ3n) is 4.87. The number of amides is 1. The number of nitrogens with one attached hydrogen (secondary N) is 2. The molecule has 0 spiro atoms. The molecule has 0 aliphatic carbocycles. The van der Waals surface area contributed by atoms with Gasteiger partial charge < -0.3 is 20.3 Å². The normalized spacial score (nSPS) is 15.9. The maximum Gasteiger partial charge on any atom is 0.243 e. The summed E-state index contributed by atoms with van der Waals surface area (Å²) in [6.07, 6.45) is 4.82. The van der Waals surface area contributed by atoms with Gasteiger partial charge in [-0.2, -0.15) is 0 Å². The second kappa shape index (κ2) is 13.1. The van der Waals surface area contributed by atoms with Crippen molar-refractivity contribution in [2.24, 2.45) is 4.99 Å². The Hall–Kier alpha value is -2.19. The number of rotatable bonds is 10. The lowest BCUT2D eigenvalue weighted by molar-refractivity contribution is -0.127. The number of carbonyl (C=O) groups is 1. The van der Waals surface area contributed by atoms with Gasteiger partial charge in [-0.3, -0.25) is 14.7 Å². The van der Waals surface area contributed by atoms with Crippen LogP contribution in [0.4, 0.5) is 0 Å². The molecule has 1 aromatic heterocycles. The summed E-state index contributed by atoms with van der Waals surface area (Å²) >= 11 is 0. The van der Waals surface area contributed by atoms with E-state index in [1.165, 1.54) is 0 Å². The fourth-order valence-electron chi connectivity index (χ4n) is 3.12. The number of piperidine rings is 1. The summed E-state index contributed by atoms with van der Waals surface area (Å²) in [5, 5.41) is 6.85. The monoisotopic (exact) mass is 404 g/mol. The number of nitrogens with zero attached hydrogens (tertiary/aromatic N) is 4. The maximum absolute atomic E-state index is 11.9. The summed E-state index contributed by atoms with van der Waals surface area (Å²) in [4.78, 5) is 24.8. The third-order valence-corrected chi connectivity index (χ3v) is 4.87. The van der Waals surface area contributed by atoms with Gasteiger partial charge in [0.05, 0.1) is 5.69 Å². The van der Waals surface area contributed by atoms with Gasteiger partial charge in [-0.25, -0.2) is 4.99 Å². The van der Waals surface area contributed by atoms with E-state index in [4.69, 9.17) is 4.74 Å². The summed E-state index contributed by atoms with van der Waals surface area (Å²) in [6.45, 7) is 7.28. The van der Waals surface area contributed by atoms with Gasteiger partial charge in [-0.05, 0) is 38.3 Å². The van der Waals surface area contributed by atoms with Gasteiger partial charge in [-0.15, -0.1) is 0 Å². The first-order valence-corrected chi connectivity index (χ1v) is 10.5. The molecular weight excluding hydrogens is 368 g/mol. The largest absolute Gasteiger partial charge is 0.382 e. The second-order valence-corrected chi connectivity index (χ2v) is 7.45. The van der Waals surface area contributed by atoms with Gasteiger partial charge in [-0.1, -0.05) is 6.07 Å². The van der Waals surface area contributed by atoms with Gasteiger partial charge in [0.25, 0.3) is 0 Å². The number of likely N-dealkylation sites (N-methyl/N-ethyl adjacent to an activating group) is 1. The van der Waals surface area contributed by atoms with Crippen LogP contribution in [0, 0.1) is 0 Å². The van der Waals surface area contributed by atoms with E-state index in [-0.39, 0.29) is 12.5 Å². The number of guanidine groups is 1. The summed E-state index contributed by atoms with van der Waals surface area (Å²) in [6, 6.07) is 6.40. The number of carbonyl (C=O) groups excluding carboxylic acids is 1. The minimum Gasteiger partial charge on any atom is -0.382 e. The molecule has 1 saturated heterocycles. The molecule has 0 atom stereocenters. The first kappa shape index (κ1) is 23.1. The Kier molecular flexibility index (Phi) is 10.4. The van der Waals surface area contributed by atoms with Crippen LogP contribution in [0.3, 0.4) is 0 Å². The Morgan fingerprint density at radius 3 is 2.79 bits per heavy atom. The Morgan fingerprint density at radius 2 is 2.14 bits per heavy atom. The van der Waals surface area contributed by atoms with Crippen molar-refractivity contribution in [3.8, 4) is 0 Å². The van der Waals surface area contributed by atoms with Gasteiger partial charge in [0.1, 0.15) is 6.54 Å². The number of likely N-dealkylation sites (tertiary alicyclic amines) is 1. The Balaban J connectivity index is 1.80. The van der Waals surface area contributed by atoms with Crippen LogP contribution in [0.5, 0.6) is 0 Å². The van der Waals surface area contributed by atoms with E-state index in [9.17, 15) is 4.79 Å². The van der Waals surface area contributed by atoms with E-state index < -0.39 is 0 Å². The highest BCUT2D eigenvalue weighted by molar-refractivity contribution is 5.84. The molecule has 162 valence electrons. The molecule has 0 saturated carbocycles. The zero-order valence-electron chi connectivity index (χ0n) is 18.1. The molecule has 1 fully saturated rings. The number of ether oxygens (including phenoxy) is 1. The van der Waals surface area contributed by atoms with E-state index in [0.29, 0.717) is 12.0 Å². The smallest absolute Gasteiger partial charge is 0.243 e. The molecule has 0 aromatic carbocycles. The molecule has 0 radical (unpaired) electrons. The predicted molar refractivity (Wildman–Crippen MR) is 116 cm³/mol. The van der Waals surface area contributed by atoms with Crippen molar-refractivity contribution in [3.05, 3.63) is 30.1 Å². The van der Waals surface area contributed by atoms with Crippen LogP contribution < -0.4 is 10.6 Å². The molecule has 1 amide bonds. The highest BCUT2D eigenvalue weighted by atomic mass is 16.5. The molecule has 29 heavy (non-hydrogen) atoms. The van der Waals surface area contributed by atoms with Crippen molar-refractivity contribution in [3.63, 3.8) is 0 Å². The number of aliphatic imine (C=N–C) groups is 1. The molecule has 8 heteroatoms. The SMILES string of the molecule is CCOCCCNC(=NCC(=O)N(C)C)NC1CCN(Cc2ccccn2)CC1. The fourth-order valence-corrected chi connectivity index (χ4v) is 3.12. The predicted octanol–water partition coefficient (Wildman–Crippen LogP) is 1.10. The minimum absolute atomic E-state index is 0.00871. The summed E-state index contributed by atoms with van der Waals surface area (Å²) in [5.74, 6) is 0.700. The Bertz CT molecular complexity index is 615. The van der Waals surface area contributed by atoms with Crippen LogP contribution in [0.15, 0.2) is 29.4 Å². The lowest BCUT2D eigenvalue weighted by Gasteiger charge is -2.33. The average molecular weight is 405 g/mol. The van der Waals surface area contributed by atoms with Crippen molar-refractivity contribution in [1.82, 2.24) is 25.4 Å². The first-order chi connectivity index (χ1) is 14.1. The number of hydrogen-bond donors (Lipinski definition) is 2. The second-order valence-electron chi connectivity index (χ2n) is 7.45. The Labute approximate surface area is 174 Å². The van der Waals surface area contributed by atoms with E-state index in [1.54, 1.807) is 19.0 Å². The van der Waals surface area contributed by atoms with Crippen LogP contribution in [-0.4, -0.2) is 86.2 Å². The van der Waals surface area contributed by atoms with Crippen LogP contribution in [0.2, 0.25) is 0 Å². The van der Waals surface area contributed by atoms with E-state index in [2.05, 4.69) is 31.6 Å². The summed E-state index contributed by atoms with van der Waals surface area (Å²) < 4.78 is 5.38. The zero-order valence-corrected chi connectivity index (χ0v) is 18.1. The zero-order chi connectivity index (χ0) is 20.9. The van der Waals surface area contributed by atoms with Gasteiger partial charge >= 0.3 is 0 Å². The van der Waals surface area contributed by atoms with E-state index in [0.717, 1.165) is 64.3 Å². The minimum atomic E-state index is -0.00871. The topological polar surface area (TPSA) is 82.1 Å². The van der Waals surface area contributed by atoms with Crippen molar-refractivity contribution in [2.75, 3.05) is 53.5 Å². The molecule has 1 aromatic rings. The van der Waals surface area contributed by atoms with Crippen LogP contribution in [0.1, 0.15) is 31.9 Å². The molecule has 2 N–H and O–H groups in total. The Morgan fingerprint density at radius 1 is 1.34 bits per heavy atom. The molecule has 1 aliphatic rings. The van der Waals surface area contributed by atoms with Gasteiger partial charge in [0, 0.05) is 65.7 Å². The molecular formula is C21H36N6O2. The maximum atomic E-state index is 11.9. The molecule has 0 unspecified atom stereocenters. The van der Waals surface area contributed by atoms with Crippen molar-refractivity contribution in [2.45, 2.75) is 38.8 Å². The lowest BCUT2D eigenvalue weighted by Crippen LogP contribution is -2.49. The third kappa shape index (κ3) is 9.23. The molecule has 2 heterocycles.